The number of ether oxygens (including phenoxy) is 2. The van der Waals surface area contributed by atoms with Crippen LogP contribution in [0.2, 0.25) is 0 Å². The molecule has 0 amide bonds. The zero-order valence-corrected chi connectivity index (χ0v) is 28.6. The molecule has 0 saturated carbocycles. The van der Waals surface area contributed by atoms with E-state index in [1.165, 1.54) is 51.4 Å². The van der Waals surface area contributed by atoms with Crippen molar-refractivity contribution in [3.63, 3.8) is 0 Å². The maximum Gasteiger partial charge on any atom is 1.00 e. The van der Waals surface area contributed by atoms with Crippen LogP contribution in [0, 0.1) is 47.9 Å². The van der Waals surface area contributed by atoms with Crippen molar-refractivity contribution in [3.8, 4) is 47.9 Å². The van der Waals surface area contributed by atoms with Crippen LogP contribution in [0.15, 0.2) is 0 Å². The van der Waals surface area contributed by atoms with E-state index in [1.807, 2.05) is 0 Å². The Morgan fingerprint density at radius 3 is 1.82 bits per heavy atom. The number of hydrogen-bond acceptors (Lipinski definition) is 9. The first-order chi connectivity index (χ1) is 17.3. The van der Waals surface area contributed by atoms with Crippen LogP contribution >= 0.6 is 7.82 Å². The number of carbonyl (C=O) groups is 2. The van der Waals surface area contributed by atoms with Gasteiger partial charge in [0.1, 0.15) is 6.61 Å². The van der Waals surface area contributed by atoms with E-state index in [4.69, 9.17) is 15.9 Å². The van der Waals surface area contributed by atoms with Gasteiger partial charge in [-0.05, 0) is 41.9 Å². The molecule has 0 aromatic carbocycles. The van der Waals surface area contributed by atoms with Gasteiger partial charge in [0.05, 0.1) is 14.4 Å². The molecule has 0 heterocycles. The topological polar surface area (TPSA) is 160 Å². The number of phosphoric ester groups is 1. The van der Waals surface area contributed by atoms with E-state index >= 15 is 0 Å². The van der Waals surface area contributed by atoms with Gasteiger partial charge in [-0.1, -0.05) is 77.6 Å². The van der Waals surface area contributed by atoms with E-state index in [-0.39, 0.29) is 81.7 Å². The third-order valence-electron chi connectivity index (χ3n) is 4.84. The molecule has 0 aliphatic heterocycles. The van der Waals surface area contributed by atoms with Gasteiger partial charge in [0.15, 0.2) is 6.10 Å². The van der Waals surface area contributed by atoms with Gasteiger partial charge in [-0.3, -0.25) is 4.79 Å². The Hall–Kier alpha value is -0.750. The molecule has 0 unspecified atom stereocenters. The van der Waals surface area contributed by atoms with E-state index in [0.29, 0.717) is 6.42 Å². The van der Waals surface area contributed by atoms with E-state index in [9.17, 15) is 23.9 Å². The largest absolute Gasteiger partial charge is 1.00 e. The van der Waals surface area contributed by atoms with Gasteiger partial charge in [-0.2, -0.15) is 0 Å². The van der Waals surface area contributed by atoms with Crippen molar-refractivity contribution in [2.75, 3.05) is 13.2 Å². The second-order valence-electron chi connectivity index (χ2n) is 7.99. The molecule has 0 bridgehead atoms. The average Bonchev–Trinajstić information content (AvgIpc) is 2.83. The zero-order chi connectivity index (χ0) is 26.9. The number of carbonyl (C=O) groups excluding carboxylic acids is 2. The normalized spacial score (nSPS) is 10.0. The van der Waals surface area contributed by atoms with Crippen molar-refractivity contribution in [1.29, 1.82) is 0 Å². The summed E-state index contributed by atoms with van der Waals surface area (Å²) in [6.45, 7) is 0.904. The Morgan fingerprint density at radius 2 is 1.31 bits per heavy atom. The van der Waals surface area contributed by atoms with Crippen LogP contribution in [0.25, 0.3) is 0 Å². The summed E-state index contributed by atoms with van der Waals surface area (Å²) in [6, 6.07) is 0. The molecule has 0 aromatic heterocycles. The van der Waals surface area contributed by atoms with Crippen LogP contribution in [-0.2, 0) is 28.2 Å². The zero-order valence-electron chi connectivity index (χ0n) is 23.7. The van der Waals surface area contributed by atoms with Crippen molar-refractivity contribution >= 4 is 19.8 Å². The van der Waals surface area contributed by atoms with Crippen molar-refractivity contribution in [2.45, 2.75) is 96.5 Å². The molecule has 9 nitrogen and oxygen atoms in total. The molecule has 12 heteroatoms. The first-order valence-corrected chi connectivity index (χ1v) is 13.7. The van der Waals surface area contributed by atoms with Crippen LogP contribution in [0.4, 0.5) is 0 Å². The summed E-state index contributed by atoms with van der Waals surface area (Å²) in [5, 5.41) is 0. The molecule has 220 valence electrons. The average molecular weight is 596 g/mol. The first kappa shape index (κ1) is 45.2. The van der Waals surface area contributed by atoms with Crippen molar-refractivity contribution in [2.24, 2.45) is 0 Å². The molecule has 0 aromatic rings. The minimum Gasteiger partial charge on any atom is -0.790 e. The van der Waals surface area contributed by atoms with Gasteiger partial charge < -0.3 is 34.5 Å². The second kappa shape index (κ2) is 31.8. The van der Waals surface area contributed by atoms with E-state index in [2.05, 4.69) is 52.9 Å². The monoisotopic (exact) mass is 595 g/mol. The predicted molar refractivity (Wildman–Crippen MR) is 152 cm³/mol. The molecular formula is C27H52NNa2O8P. The third-order valence-corrected chi connectivity index (χ3v) is 5.30. The van der Waals surface area contributed by atoms with Crippen LogP contribution in [0.5, 0.6) is 0 Å². The van der Waals surface area contributed by atoms with Crippen LogP contribution in [-0.4, -0.2) is 31.3 Å². The maximum atomic E-state index is 12.1. The van der Waals surface area contributed by atoms with Gasteiger partial charge >= 0.3 is 71.1 Å². The molecule has 0 rings (SSSR count). The molecule has 0 saturated heterocycles. The minimum atomic E-state index is -5.30. The molecule has 0 fully saturated rings. The van der Waals surface area contributed by atoms with Gasteiger partial charge in [0.2, 0.25) is 0 Å². The van der Waals surface area contributed by atoms with Crippen molar-refractivity contribution < 1.29 is 107 Å². The summed E-state index contributed by atoms with van der Waals surface area (Å²) in [5.74, 6) is 13.8. The number of rotatable bonds is 19. The third kappa shape index (κ3) is 35.2. The second-order valence-corrected chi connectivity index (χ2v) is 9.14. The molecular weight excluding hydrogens is 543 g/mol. The number of hydrogen-bond donors (Lipinski definition) is 1. The summed E-state index contributed by atoms with van der Waals surface area (Å²) in [6.07, 6.45) is 17.5. The molecule has 0 aliphatic carbocycles. The number of phosphoric acid groups is 1. The smallest absolute Gasteiger partial charge is 0.790 e. The molecule has 3 N–H and O–H groups in total. The van der Waals surface area contributed by atoms with Crippen molar-refractivity contribution in [3.05, 3.63) is 0 Å². The molecule has 1 atom stereocenters. The fraction of sp³-hybridized carbons (Fsp3) is 0.630. The fourth-order valence-electron chi connectivity index (χ4n) is 3.06. The first-order valence-electron chi connectivity index (χ1n) is 12.3. The van der Waals surface area contributed by atoms with Crippen molar-refractivity contribution in [1.82, 2.24) is 6.15 Å². The Bertz CT molecular complexity index is 957. The Balaban J connectivity index is -0.000000136. The quantitative estimate of drug-likeness (QED) is 0.0489. The summed E-state index contributed by atoms with van der Waals surface area (Å²) in [4.78, 5) is 45.2. The summed E-state index contributed by atoms with van der Waals surface area (Å²) in [7, 11) is -5.30. The van der Waals surface area contributed by atoms with E-state index in [1.54, 1.807) is 0 Å². The van der Waals surface area contributed by atoms with Crippen LogP contribution < -0.4 is 75.1 Å². The number of esters is 2. The Kier molecular flexibility index (Phi) is 36.9. The standard InChI is InChI=1S/C27H37O8P.H3N.2Na.7H2/c1-3-5-7-9-11-12-13-14-15-16-18-20-22-27(29)35-25(24-34-36(30,31)32)23-33-26(28)21-19-17-10-8-6-4-2;;;;;;;;;;/h2,25H,3,5,7,9,11-16,18,20,22-24H2,1H3,(H2,30,31,32);1H3;;;7*1H/q;;2*+1;;;;;;;/p-2/t25-;;;;;;;;;;/m1........../s1. The summed E-state index contributed by atoms with van der Waals surface area (Å²) >= 11 is 0. The molecule has 39 heavy (non-hydrogen) atoms. The predicted octanol–water partition coefficient (Wildman–Crippen LogP) is -1.09. The molecule has 0 spiro atoms. The SMILES string of the molecule is C#CC#CC#CC#CC(=O)OC[C@H](COP(=O)([O-])[O-])OC(=O)CCCCCCCCCCCCCC.N.[HH].[HH].[HH].[HH].[HH].[HH].[HH].[Na+].[Na+]. The summed E-state index contributed by atoms with van der Waals surface area (Å²) in [5.41, 5.74) is 0. The van der Waals surface area contributed by atoms with E-state index in [0.717, 1.165) is 19.3 Å². The minimum absolute atomic E-state index is 0. The van der Waals surface area contributed by atoms with Crippen LogP contribution in [0.1, 0.15) is 100 Å². The summed E-state index contributed by atoms with van der Waals surface area (Å²) < 4.78 is 24.8. The fourth-order valence-corrected chi connectivity index (χ4v) is 3.41. The van der Waals surface area contributed by atoms with Gasteiger partial charge in [-0.25, -0.2) is 4.79 Å². The molecule has 0 radical (unpaired) electrons. The number of terminal acetylenes is 1. The number of unbranched alkanes of at least 4 members (excludes halogenated alkanes) is 11. The molecule has 0 aliphatic rings. The van der Waals surface area contributed by atoms with Gasteiger partial charge in [-0.15, -0.1) is 6.42 Å². The Morgan fingerprint density at radius 1 is 0.821 bits per heavy atom. The van der Waals surface area contributed by atoms with Gasteiger partial charge in [0, 0.05) is 22.3 Å². The van der Waals surface area contributed by atoms with E-state index < -0.39 is 39.1 Å². The van der Waals surface area contributed by atoms with Crippen LogP contribution in [0.3, 0.4) is 0 Å². The maximum absolute atomic E-state index is 12.1. The van der Waals surface area contributed by atoms with Gasteiger partial charge in [0.25, 0.3) is 0 Å². The Labute approximate surface area is 288 Å².